The highest BCUT2D eigenvalue weighted by molar-refractivity contribution is 14.1. The molecule has 0 radical (unpaired) electrons. The van der Waals surface area contributed by atoms with Gasteiger partial charge in [-0.3, -0.25) is 4.79 Å². The van der Waals surface area contributed by atoms with E-state index in [1.807, 2.05) is 0 Å². The van der Waals surface area contributed by atoms with Gasteiger partial charge in [-0.1, -0.05) is 15.9 Å². The first kappa shape index (κ1) is 17.5. The second-order valence-corrected chi connectivity index (χ2v) is 7.56. The molecular formula is C16H13BrF2IN3O. The van der Waals surface area contributed by atoms with Crippen molar-refractivity contribution in [3.8, 4) is 0 Å². The number of nitrogens with zero attached hydrogens (tertiary/aromatic N) is 2. The molecule has 126 valence electrons. The van der Waals surface area contributed by atoms with Crippen molar-refractivity contribution >= 4 is 55.9 Å². The molecule has 0 saturated carbocycles. The minimum Gasteiger partial charge on any atom is -0.349 e. The van der Waals surface area contributed by atoms with Crippen LogP contribution in [0.3, 0.4) is 0 Å². The Morgan fingerprint density at radius 1 is 1.29 bits per heavy atom. The lowest BCUT2D eigenvalue weighted by molar-refractivity contribution is 0.0257. The van der Waals surface area contributed by atoms with Crippen molar-refractivity contribution in [1.82, 2.24) is 4.98 Å². The van der Waals surface area contributed by atoms with Crippen molar-refractivity contribution in [1.29, 1.82) is 0 Å². The molecule has 1 aliphatic heterocycles. The number of anilines is 2. The van der Waals surface area contributed by atoms with Crippen LogP contribution >= 0.6 is 38.5 Å². The molecular weight excluding hydrogens is 495 g/mol. The number of rotatable bonds is 3. The number of carbonyl (C=O) groups is 1. The summed E-state index contributed by atoms with van der Waals surface area (Å²) in [6.45, 7) is -0.178. The first-order chi connectivity index (χ1) is 11.4. The van der Waals surface area contributed by atoms with Crippen LogP contribution in [-0.2, 0) is 0 Å². The largest absolute Gasteiger partial charge is 0.349 e. The Labute approximate surface area is 159 Å². The molecule has 3 rings (SSSR count). The fourth-order valence-electron chi connectivity index (χ4n) is 2.49. The SMILES string of the molecule is O=C(Nc1c(I)ccnc1N1CCC(F)(F)C1)c1ccc(Br)cc1. The number of amides is 1. The van der Waals surface area contributed by atoms with Gasteiger partial charge in [-0.05, 0) is 52.9 Å². The summed E-state index contributed by atoms with van der Waals surface area (Å²) in [5, 5.41) is 2.81. The summed E-state index contributed by atoms with van der Waals surface area (Å²) in [7, 11) is 0. The molecule has 1 N–H and O–H groups in total. The molecule has 24 heavy (non-hydrogen) atoms. The minimum absolute atomic E-state index is 0.208. The van der Waals surface area contributed by atoms with Crippen molar-refractivity contribution in [2.75, 3.05) is 23.3 Å². The third kappa shape index (κ3) is 3.85. The molecule has 1 fully saturated rings. The molecule has 1 amide bonds. The zero-order chi connectivity index (χ0) is 17.3. The molecule has 8 heteroatoms. The van der Waals surface area contributed by atoms with E-state index in [0.29, 0.717) is 17.1 Å². The van der Waals surface area contributed by atoms with Gasteiger partial charge in [0.15, 0.2) is 5.82 Å². The van der Waals surface area contributed by atoms with Crippen LogP contribution in [0, 0.1) is 3.57 Å². The number of alkyl halides is 2. The van der Waals surface area contributed by atoms with Crippen molar-refractivity contribution in [3.05, 3.63) is 50.1 Å². The Balaban J connectivity index is 1.88. The number of halogens is 4. The number of hydrogen-bond acceptors (Lipinski definition) is 3. The number of hydrogen-bond donors (Lipinski definition) is 1. The molecule has 1 aliphatic rings. The summed E-state index contributed by atoms with van der Waals surface area (Å²) in [6, 6.07) is 8.64. The van der Waals surface area contributed by atoms with Gasteiger partial charge >= 0.3 is 0 Å². The third-order valence-electron chi connectivity index (χ3n) is 3.69. The van der Waals surface area contributed by atoms with E-state index in [4.69, 9.17) is 0 Å². The lowest BCUT2D eigenvalue weighted by atomic mass is 10.2. The van der Waals surface area contributed by atoms with Gasteiger partial charge in [-0.15, -0.1) is 0 Å². The van der Waals surface area contributed by atoms with Gasteiger partial charge < -0.3 is 10.2 Å². The van der Waals surface area contributed by atoms with E-state index in [1.54, 1.807) is 36.5 Å². The van der Waals surface area contributed by atoms with Gasteiger partial charge in [-0.25, -0.2) is 13.8 Å². The lowest BCUT2D eigenvalue weighted by Crippen LogP contribution is -2.27. The molecule has 1 saturated heterocycles. The lowest BCUT2D eigenvalue weighted by Gasteiger charge is -2.21. The maximum atomic E-state index is 13.5. The number of aromatic nitrogens is 1. The molecule has 2 heterocycles. The van der Waals surface area contributed by atoms with E-state index in [1.165, 1.54) is 4.90 Å². The van der Waals surface area contributed by atoms with Crippen LogP contribution in [0.25, 0.3) is 0 Å². The normalized spacial score (nSPS) is 16.2. The predicted octanol–water partition coefficient (Wildman–Crippen LogP) is 4.55. The Bertz CT molecular complexity index is 770. The van der Waals surface area contributed by atoms with Crippen LogP contribution in [0.5, 0.6) is 0 Å². The second-order valence-electron chi connectivity index (χ2n) is 5.48. The summed E-state index contributed by atoms with van der Waals surface area (Å²) < 4.78 is 28.6. The number of carbonyl (C=O) groups excluding carboxylic acids is 1. The fraction of sp³-hybridized carbons (Fsp3) is 0.250. The van der Waals surface area contributed by atoms with E-state index >= 15 is 0 Å². The van der Waals surface area contributed by atoms with Crippen molar-refractivity contribution in [3.63, 3.8) is 0 Å². The van der Waals surface area contributed by atoms with E-state index in [2.05, 4.69) is 48.8 Å². The van der Waals surface area contributed by atoms with E-state index in [9.17, 15) is 13.6 Å². The maximum absolute atomic E-state index is 13.5. The highest BCUT2D eigenvalue weighted by atomic mass is 127. The summed E-state index contributed by atoms with van der Waals surface area (Å²) in [6.07, 6.45) is 1.35. The molecule has 2 aromatic rings. The quantitative estimate of drug-likeness (QED) is 0.620. The van der Waals surface area contributed by atoms with Crippen molar-refractivity contribution in [2.45, 2.75) is 12.3 Å². The second kappa shape index (κ2) is 6.91. The highest BCUT2D eigenvalue weighted by Gasteiger charge is 2.39. The van der Waals surface area contributed by atoms with Crippen LogP contribution in [0.4, 0.5) is 20.3 Å². The van der Waals surface area contributed by atoms with Crippen LogP contribution in [0.1, 0.15) is 16.8 Å². The molecule has 1 aromatic heterocycles. The number of nitrogens with one attached hydrogen (secondary N) is 1. The molecule has 0 aliphatic carbocycles. The highest BCUT2D eigenvalue weighted by Crippen LogP contribution is 2.35. The van der Waals surface area contributed by atoms with E-state index < -0.39 is 5.92 Å². The maximum Gasteiger partial charge on any atom is 0.266 e. The van der Waals surface area contributed by atoms with Gasteiger partial charge in [0.25, 0.3) is 11.8 Å². The van der Waals surface area contributed by atoms with Crippen molar-refractivity contribution < 1.29 is 13.6 Å². The number of pyridine rings is 1. The standard InChI is InChI=1S/C16H13BrF2IN3O/c17-11-3-1-10(2-4-11)15(24)22-13-12(20)5-7-21-14(13)23-8-6-16(18,19)9-23/h1-5,7H,6,8-9H2,(H,22,24). The van der Waals surface area contributed by atoms with Gasteiger partial charge in [0.2, 0.25) is 0 Å². The zero-order valence-electron chi connectivity index (χ0n) is 12.4. The Morgan fingerprint density at radius 3 is 2.62 bits per heavy atom. The first-order valence-electron chi connectivity index (χ1n) is 7.20. The molecule has 0 unspecified atom stereocenters. The van der Waals surface area contributed by atoms with Crippen LogP contribution < -0.4 is 10.2 Å². The van der Waals surface area contributed by atoms with Gasteiger partial charge in [0.05, 0.1) is 12.2 Å². The fourth-order valence-corrected chi connectivity index (χ4v) is 3.29. The topological polar surface area (TPSA) is 45.2 Å². The minimum atomic E-state index is -2.73. The monoisotopic (exact) mass is 507 g/mol. The number of benzene rings is 1. The predicted molar refractivity (Wildman–Crippen MR) is 101 cm³/mol. The summed E-state index contributed by atoms with van der Waals surface area (Å²) in [4.78, 5) is 18.2. The Hall–Kier alpha value is -1.29. The average Bonchev–Trinajstić information content (AvgIpc) is 2.90. The molecule has 0 bridgehead atoms. The van der Waals surface area contributed by atoms with Crippen LogP contribution in [0.15, 0.2) is 41.0 Å². The molecule has 4 nitrogen and oxygen atoms in total. The summed E-state index contributed by atoms with van der Waals surface area (Å²) in [5.41, 5.74) is 0.944. The smallest absolute Gasteiger partial charge is 0.266 e. The van der Waals surface area contributed by atoms with Gasteiger partial charge in [0, 0.05) is 32.8 Å². The van der Waals surface area contributed by atoms with Gasteiger partial charge in [-0.2, -0.15) is 0 Å². The van der Waals surface area contributed by atoms with E-state index in [0.717, 1.165) is 8.04 Å². The average molecular weight is 508 g/mol. The molecule has 0 atom stereocenters. The Kier molecular flexibility index (Phi) is 5.05. The van der Waals surface area contributed by atoms with Gasteiger partial charge in [0.1, 0.15) is 0 Å². The summed E-state index contributed by atoms with van der Waals surface area (Å²) in [5.74, 6) is -2.65. The summed E-state index contributed by atoms with van der Waals surface area (Å²) >= 11 is 5.38. The zero-order valence-corrected chi connectivity index (χ0v) is 16.1. The van der Waals surface area contributed by atoms with Crippen LogP contribution in [0.2, 0.25) is 0 Å². The van der Waals surface area contributed by atoms with E-state index in [-0.39, 0.29) is 25.4 Å². The first-order valence-corrected chi connectivity index (χ1v) is 9.07. The van der Waals surface area contributed by atoms with Crippen molar-refractivity contribution in [2.24, 2.45) is 0 Å². The van der Waals surface area contributed by atoms with Crippen LogP contribution in [-0.4, -0.2) is 29.9 Å². The molecule has 1 aromatic carbocycles. The Morgan fingerprint density at radius 2 is 2.00 bits per heavy atom. The third-order valence-corrected chi connectivity index (χ3v) is 5.12. The molecule has 0 spiro atoms.